The molecule has 0 spiro atoms. The van der Waals surface area contributed by atoms with Gasteiger partial charge in [0.15, 0.2) is 0 Å². The van der Waals surface area contributed by atoms with Gasteiger partial charge in [0.2, 0.25) is 0 Å². The number of benzene rings is 2. The number of aromatic hydroxyl groups is 1. The molecule has 5 nitrogen and oxygen atoms in total. The van der Waals surface area contributed by atoms with Crippen LogP contribution in [0.2, 0.25) is 0 Å². The molecule has 9 heteroatoms. The normalized spacial score (nSPS) is 21.6. The molecule has 0 radical (unpaired) electrons. The molecule has 158 valence electrons. The van der Waals surface area contributed by atoms with E-state index in [0.29, 0.717) is 5.56 Å². The standard InChI is InChI=1S/C20H21F3O5S/c21-20(22,23)10-9-19(29(26,27)28,15-5-7-16(25)8-6-15)18-14(12-24)11-13-3-1-2-4-17(13)18/h1-8,14,18,24-25H,9-12H2,(H,26,27,28). The van der Waals surface area contributed by atoms with Crippen molar-refractivity contribution < 1.29 is 36.4 Å². The van der Waals surface area contributed by atoms with Gasteiger partial charge in [0, 0.05) is 18.9 Å². The average Bonchev–Trinajstić information content (AvgIpc) is 3.01. The van der Waals surface area contributed by atoms with Crippen molar-refractivity contribution >= 4 is 10.1 Å². The van der Waals surface area contributed by atoms with E-state index in [2.05, 4.69) is 0 Å². The van der Waals surface area contributed by atoms with E-state index in [4.69, 9.17) is 0 Å². The average molecular weight is 430 g/mol. The summed E-state index contributed by atoms with van der Waals surface area (Å²) in [6.45, 7) is -0.458. The Morgan fingerprint density at radius 1 is 1.00 bits per heavy atom. The molecule has 0 heterocycles. The van der Waals surface area contributed by atoms with Gasteiger partial charge in [-0.15, -0.1) is 0 Å². The Morgan fingerprint density at radius 3 is 2.17 bits per heavy atom. The highest BCUT2D eigenvalue weighted by molar-refractivity contribution is 7.86. The number of phenolic OH excluding ortho intramolecular Hbond substituents is 1. The molecule has 1 aliphatic carbocycles. The second kappa shape index (κ2) is 7.62. The highest BCUT2D eigenvalue weighted by Crippen LogP contribution is 2.55. The molecule has 2 aromatic carbocycles. The van der Waals surface area contributed by atoms with Gasteiger partial charge < -0.3 is 10.2 Å². The third kappa shape index (κ3) is 3.99. The minimum atomic E-state index is -5.08. The summed E-state index contributed by atoms with van der Waals surface area (Å²) in [7, 11) is -5.08. The number of alkyl halides is 3. The SMILES string of the molecule is O=S(=O)(O)C(CCC(F)(F)F)(c1ccc(O)cc1)C1c2ccccc2CC1CO. The van der Waals surface area contributed by atoms with Crippen LogP contribution in [0.25, 0.3) is 0 Å². The number of aliphatic hydroxyl groups is 1. The van der Waals surface area contributed by atoms with E-state index in [1.165, 1.54) is 12.1 Å². The van der Waals surface area contributed by atoms with E-state index in [0.717, 1.165) is 17.7 Å². The van der Waals surface area contributed by atoms with Crippen LogP contribution in [-0.4, -0.2) is 36.0 Å². The summed E-state index contributed by atoms with van der Waals surface area (Å²) in [6.07, 6.45) is -6.74. The van der Waals surface area contributed by atoms with E-state index >= 15 is 0 Å². The number of rotatable bonds is 6. The first-order chi connectivity index (χ1) is 13.5. The summed E-state index contributed by atoms with van der Waals surface area (Å²) in [5.41, 5.74) is 1.14. The van der Waals surface area contributed by atoms with Crippen LogP contribution < -0.4 is 0 Å². The summed E-state index contributed by atoms with van der Waals surface area (Å²) >= 11 is 0. The number of fused-ring (bicyclic) bond motifs is 1. The lowest BCUT2D eigenvalue weighted by molar-refractivity contribution is -0.137. The molecular weight excluding hydrogens is 409 g/mol. The van der Waals surface area contributed by atoms with Crippen LogP contribution in [-0.2, 0) is 21.3 Å². The predicted molar refractivity (Wildman–Crippen MR) is 100 cm³/mol. The highest BCUT2D eigenvalue weighted by atomic mass is 32.2. The molecule has 0 fully saturated rings. The Morgan fingerprint density at radius 2 is 1.62 bits per heavy atom. The van der Waals surface area contributed by atoms with Gasteiger partial charge in [-0.3, -0.25) is 4.55 Å². The molecule has 29 heavy (non-hydrogen) atoms. The molecule has 0 aliphatic heterocycles. The summed E-state index contributed by atoms with van der Waals surface area (Å²) in [6, 6.07) is 11.4. The van der Waals surface area contributed by atoms with Gasteiger partial charge in [-0.25, -0.2) is 0 Å². The lowest BCUT2D eigenvalue weighted by Gasteiger charge is -2.40. The van der Waals surface area contributed by atoms with Crippen molar-refractivity contribution in [1.82, 2.24) is 0 Å². The maximum absolute atomic E-state index is 13.2. The van der Waals surface area contributed by atoms with Gasteiger partial charge in [-0.2, -0.15) is 21.6 Å². The first-order valence-electron chi connectivity index (χ1n) is 9.01. The molecule has 3 unspecified atom stereocenters. The van der Waals surface area contributed by atoms with Crippen molar-refractivity contribution in [2.45, 2.75) is 36.1 Å². The minimum Gasteiger partial charge on any atom is -0.508 e. The maximum Gasteiger partial charge on any atom is 0.389 e. The topological polar surface area (TPSA) is 94.8 Å². The van der Waals surface area contributed by atoms with E-state index < -0.39 is 52.3 Å². The van der Waals surface area contributed by atoms with E-state index in [-0.39, 0.29) is 17.7 Å². The third-order valence-electron chi connectivity index (χ3n) is 5.68. The first kappa shape index (κ1) is 21.6. The van der Waals surface area contributed by atoms with Gasteiger partial charge in [0.05, 0.1) is 0 Å². The fourth-order valence-corrected chi connectivity index (χ4v) is 5.90. The van der Waals surface area contributed by atoms with Crippen LogP contribution in [0.4, 0.5) is 13.2 Å². The van der Waals surface area contributed by atoms with Crippen molar-refractivity contribution in [3.05, 3.63) is 65.2 Å². The summed E-state index contributed by atoms with van der Waals surface area (Å²) in [5, 5.41) is 19.5. The lowest BCUT2D eigenvalue weighted by Crippen LogP contribution is -2.45. The van der Waals surface area contributed by atoms with Crippen molar-refractivity contribution in [3.8, 4) is 5.75 Å². The van der Waals surface area contributed by atoms with Gasteiger partial charge >= 0.3 is 6.18 Å². The van der Waals surface area contributed by atoms with Gasteiger partial charge in [0.1, 0.15) is 10.5 Å². The van der Waals surface area contributed by atoms with Crippen molar-refractivity contribution in [2.24, 2.45) is 5.92 Å². The summed E-state index contributed by atoms with van der Waals surface area (Å²) in [4.78, 5) is 0. The van der Waals surface area contributed by atoms with Gasteiger partial charge in [0.25, 0.3) is 10.1 Å². The Labute approximate surface area is 166 Å². The third-order valence-corrected chi connectivity index (χ3v) is 7.29. The second-order valence-electron chi connectivity index (χ2n) is 7.35. The van der Waals surface area contributed by atoms with Crippen LogP contribution in [0.15, 0.2) is 48.5 Å². The molecule has 0 aromatic heterocycles. The predicted octanol–water partition coefficient (Wildman–Crippen LogP) is 3.77. The number of halogens is 3. The summed E-state index contributed by atoms with van der Waals surface area (Å²) in [5.74, 6) is -1.98. The van der Waals surface area contributed by atoms with Crippen LogP contribution in [0.1, 0.15) is 35.4 Å². The molecule has 0 bridgehead atoms. The minimum absolute atomic E-state index is 0.0674. The van der Waals surface area contributed by atoms with Crippen molar-refractivity contribution in [1.29, 1.82) is 0 Å². The molecule has 0 saturated heterocycles. The number of phenols is 1. The Bertz CT molecular complexity index is 972. The second-order valence-corrected chi connectivity index (χ2v) is 9.03. The Kier molecular flexibility index (Phi) is 5.68. The number of hydrogen-bond donors (Lipinski definition) is 3. The van der Waals surface area contributed by atoms with Crippen LogP contribution in [0.3, 0.4) is 0 Å². The maximum atomic E-state index is 13.2. The Balaban J connectivity index is 2.30. The smallest absolute Gasteiger partial charge is 0.389 e. The van der Waals surface area contributed by atoms with Crippen molar-refractivity contribution in [2.75, 3.05) is 6.61 Å². The number of hydrogen-bond acceptors (Lipinski definition) is 4. The monoisotopic (exact) mass is 430 g/mol. The summed E-state index contributed by atoms with van der Waals surface area (Å²) < 4.78 is 72.9. The van der Waals surface area contributed by atoms with Gasteiger partial charge in [-0.1, -0.05) is 36.4 Å². The molecule has 0 amide bonds. The molecule has 3 N–H and O–H groups in total. The molecule has 3 atom stereocenters. The van der Waals surface area contributed by atoms with E-state index in [1.807, 2.05) is 0 Å². The fraction of sp³-hybridized carbons (Fsp3) is 0.400. The molecule has 1 aliphatic rings. The van der Waals surface area contributed by atoms with Crippen molar-refractivity contribution in [3.63, 3.8) is 0 Å². The lowest BCUT2D eigenvalue weighted by atomic mass is 9.74. The zero-order valence-corrected chi connectivity index (χ0v) is 16.1. The fourth-order valence-electron chi connectivity index (χ4n) is 4.47. The van der Waals surface area contributed by atoms with Crippen LogP contribution >= 0.6 is 0 Å². The van der Waals surface area contributed by atoms with E-state index in [9.17, 15) is 36.4 Å². The molecule has 2 aromatic rings. The van der Waals surface area contributed by atoms with E-state index in [1.54, 1.807) is 24.3 Å². The molecular formula is C20H21F3O5S. The molecule has 3 rings (SSSR count). The Hall–Kier alpha value is -2.10. The zero-order chi connectivity index (χ0) is 21.4. The quantitative estimate of drug-likeness (QED) is 0.607. The van der Waals surface area contributed by atoms with Crippen LogP contribution in [0, 0.1) is 5.92 Å². The van der Waals surface area contributed by atoms with Crippen LogP contribution in [0.5, 0.6) is 5.75 Å². The largest absolute Gasteiger partial charge is 0.508 e. The highest BCUT2D eigenvalue weighted by Gasteiger charge is 2.57. The zero-order valence-electron chi connectivity index (χ0n) is 15.3. The number of aliphatic hydroxyl groups excluding tert-OH is 1. The first-order valence-corrected chi connectivity index (χ1v) is 10.5. The molecule has 0 saturated carbocycles. The van der Waals surface area contributed by atoms with Gasteiger partial charge in [-0.05, 0) is 47.6 Å².